The van der Waals surface area contributed by atoms with Crippen molar-refractivity contribution in [3.63, 3.8) is 0 Å². The third-order valence-corrected chi connectivity index (χ3v) is 2.45. The maximum absolute atomic E-state index is 13.3. The molecule has 0 radical (unpaired) electrons. The molecule has 0 bridgehead atoms. The summed E-state index contributed by atoms with van der Waals surface area (Å²) in [7, 11) is 0. The molecule has 0 heterocycles. The monoisotopic (exact) mass is 271 g/mol. The summed E-state index contributed by atoms with van der Waals surface area (Å²) in [5.41, 5.74) is 6.44. The Balaban J connectivity index is 2.30. The number of ether oxygens (including phenoxy) is 1. The third-order valence-electron chi connectivity index (χ3n) is 2.45. The molecule has 2 aromatic rings. The summed E-state index contributed by atoms with van der Waals surface area (Å²) in [5.74, 6) is -0.917. The maximum atomic E-state index is 13.3. The molecule has 100 valence electrons. The number of hydrogen-bond donors (Lipinski definition) is 1. The van der Waals surface area contributed by atoms with Crippen LogP contribution < -0.4 is 10.5 Å². The number of anilines is 1. The van der Waals surface area contributed by atoms with Crippen molar-refractivity contribution in [2.45, 2.75) is 6.36 Å². The van der Waals surface area contributed by atoms with E-state index < -0.39 is 12.2 Å². The van der Waals surface area contributed by atoms with Crippen LogP contribution in [-0.4, -0.2) is 6.36 Å². The second-order valence-electron chi connectivity index (χ2n) is 3.77. The lowest BCUT2D eigenvalue weighted by Gasteiger charge is -2.10. The first-order chi connectivity index (χ1) is 8.87. The van der Waals surface area contributed by atoms with Crippen LogP contribution in [0.1, 0.15) is 0 Å². The van der Waals surface area contributed by atoms with Crippen LogP contribution in [0.15, 0.2) is 42.5 Å². The molecule has 19 heavy (non-hydrogen) atoms. The largest absolute Gasteiger partial charge is 0.573 e. The molecule has 0 spiro atoms. The van der Waals surface area contributed by atoms with Crippen molar-refractivity contribution >= 4 is 5.69 Å². The smallest absolute Gasteiger partial charge is 0.406 e. The molecule has 0 fully saturated rings. The predicted octanol–water partition coefficient (Wildman–Crippen LogP) is 3.97. The minimum Gasteiger partial charge on any atom is -0.406 e. The second-order valence-corrected chi connectivity index (χ2v) is 3.77. The second kappa shape index (κ2) is 4.79. The molecule has 0 aromatic heterocycles. The summed E-state index contributed by atoms with van der Waals surface area (Å²) in [5, 5.41) is 0. The summed E-state index contributed by atoms with van der Waals surface area (Å²) in [6.45, 7) is 0. The van der Waals surface area contributed by atoms with Crippen molar-refractivity contribution in [2.75, 3.05) is 5.73 Å². The van der Waals surface area contributed by atoms with Crippen LogP contribution in [0.25, 0.3) is 11.1 Å². The third kappa shape index (κ3) is 3.15. The van der Waals surface area contributed by atoms with Crippen molar-refractivity contribution in [3.8, 4) is 16.9 Å². The first-order valence-corrected chi connectivity index (χ1v) is 5.27. The molecule has 6 heteroatoms. The Morgan fingerprint density at radius 1 is 0.947 bits per heavy atom. The Labute approximate surface area is 106 Å². The average molecular weight is 271 g/mol. The van der Waals surface area contributed by atoms with E-state index in [1.165, 1.54) is 24.3 Å². The molecule has 0 unspecified atom stereocenters. The summed E-state index contributed by atoms with van der Waals surface area (Å²) in [6, 6.07) is 9.32. The van der Waals surface area contributed by atoms with Crippen molar-refractivity contribution < 1.29 is 22.3 Å². The van der Waals surface area contributed by atoms with Gasteiger partial charge in [-0.1, -0.05) is 24.3 Å². The Kier molecular flexibility index (Phi) is 3.33. The molecule has 0 amide bonds. The van der Waals surface area contributed by atoms with Gasteiger partial charge in [0.05, 0.1) is 5.69 Å². The van der Waals surface area contributed by atoms with Crippen LogP contribution in [0, 0.1) is 5.82 Å². The predicted molar refractivity (Wildman–Crippen MR) is 62.9 cm³/mol. The number of nitrogens with two attached hydrogens (primary N) is 1. The van der Waals surface area contributed by atoms with Gasteiger partial charge in [-0.15, -0.1) is 13.2 Å². The van der Waals surface area contributed by atoms with E-state index in [0.29, 0.717) is 11.1 Å². The van der Waals surface area contributed by atoms with E-state index in [-0.39, 0.29) is 11.4 Å². The van der Waals surface area contributed by atoms with Crippen LogP contribution >= 0.6 is 0 Å². The molecule has 0 saturated carbocycles. The summed E-state index contributed by atoms with van der Waals surface area (Å²) < 4.78 is 53.0. The van der Waals surface area contributed by atoms with Crippen molar-refractivity contribution in [1.82, 2.24) is 0 Å². The van der Waals surface area contributed by atoms with Crippen molar-refractivity contribution in [2.24, 2.45) is 0 Å². The SMILES string of the molecule is Nc1c(F)cccc1-c1ccc(OC(F)(F)F)cc1. The highest BCUT2D eigenvalue weighted by molar-refractivity contribution is 5.76. The zero-order chi connectivity index (χ0) is 14.0. The fourth-order valence-electron chi connectivity index (χ4n) is 1.62. The van der Waals surface area contributed by atoms with Crippen LogP contribution in [0.5, 0.6) is 5.75 Å². The number of hydrogen-bond acceptors (Lipinski definition) is 2. The minimum absolute atomic E-state index is 0.0491. The molecule has 0 aliphatic rings. The highest BCUT2D eigenvalue weighted by Gasteiger charge is 2.30. The van der Waals surface area contributed by atoms with Gasteiger partial charge in [-0.25, -0.2) is 4.39 Å². The van der Waals surface area contributed by atoms with Gasteiger partial charge in [0.2, 0.25) is 0 Å². The van der Waals surface area contributed by atoms with E-state index in [9.17, 15) is 17.6 Å². The topological polar surface area (TPSA) is 35.2 Å². The molecule has 0 aliphatic heterocycles. The van der Waals surface area contributed by atoms with Crippen molar-refractivity contribution in [1.29, 1.82) is 0 Å². The first-order valence-electron chi connectivity index (χ1n) is 5.27. The first kappa shape index (κ1) is 13.2. The zero-order valence-electron chi connectivity index (χ0n) is 9.54. The van der Waals surface area contributed by atoms with Gasteiger partial charge in [-0.2, -0.15) is 0 Å². The van der Waals surface area contributed by atoms with Crippen LogP contribution in [0.3, 0.4) is 0 Å². The highest BCUT2D eigenvalue weighted by atomic mass is 19.4. The molecule has 0 atom stereocenters. The van der Waals surface area contributed by atoms with E-state index in [2.05, 4.69) is 4.74 Å². The zero-order valence-corrected chi connectivity index (χ0v) is 9.54. The number of nitrogen functional groups attached to an aromatic ring is 1. The Morgan fingerprint density at radius 2 is 1.58 bits per heavy atom. The average Bonchev–Trinajstić information content (AvgIpc) is 2.32. The molecule has 0 saturated heterocycles. The van der Waals surface area contributed by atoms with Gasteiger partial charge in [0.1, 0.15) is 11.6 Å². The van der Waals surface area contributed by atoms with Gasteiger partial charge in [-0.05, 0) is 23.8 Å². The number of para-hydroxylation sites is 1. The normalized spacial score (nSPS) is 11.4. The molecule has 2 N–H and O–H groups in total. The van der Waals surface area contributed by atoms with Crippen LogP contribution in [0.2, 0.25) is 0 Å². The lowest BCUT2D eigenvalue weighted by Crippen LogP contribution is -2.16. The lowest BCUT2D eigenvalue weighted by molar-refractivity contribution is -0.274. The van der Waals surface area contributed by atoms with Crippen molar-refractivity contribution in [3.05, 3.63) is 48.3 Å². The Hall–Kier alpha value is -2.24. The van der Waals surface area contributed by atoms with Gasteiger partial charge in [0, 0.05) is 5.56 Å². The van der Waals surface area contributed by atoms with Crippen LogP contribution in [-0.2, 0) is 0 Å². The molecular formula is C13H9F4NO. The summed E-state index contributed by atoms with van der Waals surface area (Å²) in [6.07, 6.45) is -4.74. The molecular weight excluding hydrogens is 262 g/mol. The molecule has 2 nitrogen and oxygen atoms in total. The number of rotatable bonds is 2. The number of benzene rings is 2. The van der Waals surface area contributed by atoms with Gasteiger partial charge in [0.25, 0.3) is 0 Å². The van der Waals surface area contributed by atoms with E-state index >= 15 is 0 Å². The highest BCUT2D eigenvalue weighted by Crippen LogP contribution is 2.30. The van der Waals surface area contributed by atoms with Gasteiger partial charge < -0.3 is 10.5 Å². The number of halogens is 4. The van der Waals surface area contributed by atoms with E-state index in [4.69, 9.17) is 5.73 Å². The van der Waals surface area contributed by atoms with Gasteiger partial charge in [-0.3, -0.25) is 0 Å². The van der Waals surface area contributed by atoms with E-state index in [0.717, 1.165) is 12.1 Å². The number of alkyl halides is 3. The quantitative estimate of drug-likeness (QED) is 0.662. The Morgan fingerprint density at radius 3 is 2.16 bits per heavy atom. The molecule has 0 aliphatic carbocycles. The summed E-state index contributed by atoms with van der Waals surface area (Å²) >= 11 is 0. The fourth-order valence-corrected chi connectivity index (χ4v) is 1.62. The molecule has 2 aromatic carbocycles. The lowest BCUT2D eigenvalue weighted by atomic mass is 10.0. The van der Waals surface area contributed by atoms with E-state index in [1.54, 1.807) is 6.07 Å². The molecule has 2 rings (SSSR count). The standard InChI is InChI=1S/C13H9F4NO/c14-11-3-1-2-10(12(11)18)8-4-6-9(7-5-8)19-13(15,16)17/h1-7H,18H2. The van der Waals surface area contributed by atoms with Gasteiger partial charge in [0.15, 0.2) is 0 Å². The fraction of sp³-hybridized carbons (Fsp3) is 0.0769. The Bertz CT molecular complexity index is 578. The van der Waals surface area contributed by atoms with Crippen LogP contribution in [0.4, 0.5) is 23.2 Å². The maximum Gasteiger partial charge on any atom is 0.573 e. The van der Waals surface area contributed by atoms with Gasteiger partial charge >= 0.3 is 6.36 Å². The van der Waals surface area contributed by atoms with E-state index in [1.807, 2.05) is 0 Å². The minimum atomic E-state index is -4.74. The summed E-state index contributed by atoms with van der Waals surface area (Å²) in [4.78, 5) is 0.